The number of carbonyl (C=O) groups excluding carboxylic acids is 1. The molecule has 1 saturated heterocycles. The third kappa shape index (κ3) is 4.99. The van der Waals surface area contributed by atoms with Crippen molar-refractivity contribution in [2.75, 3.05) is 37.7 Å². The number of carbonyl (C=O) groups is 1. The summed E-state index contributed by atoms with van der Waals surface area (Å²) in [6, 6.07) is 3.83. The van der Waals surface area contributed by atoms with Gasteiger partial charge in [-0.3, -0.25) is 0 Å². The van der Waals surface area contributed by atoms with Crippen LogP contribution in [0.25, 0.3) is 11.4 Å². The van der Waals surface area contributed by atoms with Gasteiger partial charge in [-0.2, -0.15) is 4.98 Å². The predicted octanol–water partition coefficient (Wildman–Crippen LogP) is 3.56. The van der Waals surface area contributed by atoms with Gasteiger partial charge in [0.2, 0.25) is 11.7 Å². The Hall–Kier alpha value is -2.64. The lowest BCUT2D eigenvalue weighted by Crippen LogP contribution is -2.49. The minimum Gasteiger partial charge on any atom is -0.449 e. The second kappa shape index (κ2) is 8.16. The Morgan fingerprint density at radius 1 is 1.25 bits per heavy atom. The van der Waals surface area contributed by atoms with Crippen molar-refractivity contribution in [3.05, 3.63) is 24.2 Å². The molecule has 0 aliphatic carbocycles. The van der Waals surface area contributed by atoms with Crippen molar-refractivity contribution in [2.24, 2.45) is 5.41 Å². The van der Waals surface area contributed by atoms with Crippen molar-refractivity contribution < 1.29 is 14.1 Å². The predicted molar refractivity (Wildman–Crippen MR) is 106 cm³/mol. The molecule has 0 saturated carbocycles. The van der Waals surface area contributed by atoms with E-state index in [9.17, 15) is 4.79 Å². The fourth-order valence-corrected chi connectivity index (χ4v) is 2.81. The average molecular weight is 387 g/mol. The summed E-state index contributed by atoms with van der Waals surface area (Å²) in [7, 11) is 0. The zero-order valence-electron chi connectivity index (χ0n) is 17.3. The third-order valence-corrected chi connectivity index (χ3v) is 4.43. The molecule has 1 fully saturated rings. The highest BCUT2D eigenvalue weighted by Gasteiger charge is 2.24. The van der Waals surface area contributed by atoms with E-state index in [1.807, 2.05) is 46.8 Å². The van der Waals surface area contributed by atoms with E-state index in [1.54, 1.807) is 11.1 Å². The monoisotopic (exact) mass is 387 g/mol. The number of hydrogen-bond acceptors (Lipinski definition) is 7. The molecule has 0 bridgehead atoms. The van der Waals surface area contributed by atoms with Crippen LogP contribution in [0.15, 0.2) is 22.9 Å². The highest BCUT2D eigenvalue weighted by Crippen LogP contribution is 2.23. The molecule has 1 amide bonds. The molecule has 0 radical (unpaired) electrons. The van der Waals surface area contributed by atoms with Gasteiger partial charge >= 0.3 is 6.09 Å². The van der Waals surface area contributed by atoms with E-state index >= 15 is 0 Å². The average Bonchev–Trinajstić information content (AvgIpc) is 3.16. The molecule has 2 aromatic rings. The number of amides is 1. The Morgan fingerprint density at radius 2 is 1.96 bits per heavy atom. The van der Waals surface area contributed by atoms with Crippen LogP contribution in [0.5, 0.6) is 0 Å². The molecule has 0 spiro atoms. The zero-order chi connectivity index (χ0) is 20.3. The van der Waals surface area contributed by atoms with E-state index in [0.717, 1.165) is 11.4 Å². The second-order valence-corrected chi connectivity index (χ2v) is 8.60. The molecule has 1 aliphatic rings. The van der Waals surface area contributed by atoms with Gasteiger partial charge in [-0.05, 0) is 17.5 Å². The molecule has 8 nitrogen and oxygen atoms in total. The summed E-state index contributed by atoms with van der Waals surface area (Å²) in [5.74, 6) is 2.22. The standard InChI is InChI=1S/C20H29N5O3/c1-14(2)18-22-17(23-28-18)15-6-7-21-16(12-15)24-8-10-25(11-9-24)19(26)27-13-20(3,4)5/h6-7,12,14H,8-11,13H2,1-5H3. The summed E-state index contributed by atoms with van der Waals surface area (Å²) < 4.78 is 10.7. The maximum absolute atomic E-state index is 12.2. The smallest absolute Gasteiger partial charge is 0.409 e. The number of anilines is 1. The van der Waals surface area contributed by atoms with Crippen LogP contribution in [0.4, 0.5) is 10.6 Å². The van der Waals surface area contributed by atoms with Crippen LogP contribution in [0, 0.1) is 5.41 Å². The molecule has 0 aromatic carbocycles. The van der Waals surface area contributed by atoms with Crippen LogP contribution >= 0.6 is 0 Å². The fraction of sp³-hybridized carbons (Fsp3) is 0.600. The van der Waals surface area contributed by atoms with Crippen LogP contribution in [-0.2, 0) is 4.74 Å². The molecule has 0 atom stereocenters. The molecule has 1 aliphatic heterocycles. The highest BCUT2D eigenvalue weighted by atomic mass is 16.6. The molecule has 3 rings (SSSR count). The summed E-state index contributed by atoms with van der Waals surface area (Å²) in [6.07, 6.45) is 1.50. The molecular weight excluding hydrogens is 358 g/mol. The van der Waals surface area contributed by atoms with Crippen molar-refractivity contribution in [1.29, 1.82) is 0 Å². The van der Waals surface area contributed by atoms with Crippen molar-refractivity contribution in [3.8, 4) is 11.4 Å². The first-order chi connectivity index (χ1) is 13.2. The van der Waals surface area contributed by atoms with Gasteiger partial charge in [0, 0.05) is 43.9 Å². The molecule has 152 valence electrons. The minimum absolute atomic E-state index is 0.0353. The molecule has 0 N–H and O–H groups in total. The van der Waals surface area contributed by atoms with Gasteiger partial charge in [0.25, 0.3) is 0 Å². The number of rotatable bonds is 4. The van der Waals surface area contributed by atoms with Crippen LogP contribution in [-0.4, -0.2) is 58.9 Å². The Kier molecular flexibility index (Phi) is 5.86. The third-order valence-electron chi connectivity index (χ3n) is 4.43. The Labute approximate surface area is 165 Å². The van der Waals surface area contributed by atoms with Gasteiger partial charge in [-0.15, -0.1) is 0 Å². The van der Waals surface area contributed by atoms with Crippen molar-refractivity contribution in [1.82, 2.24) is 20.0 Å². The van der Waals surface area contributed by atoms with E-state index in [-0.39, 0.29) is 17.4 Å². The van der Waals surface area contributed by atoms with E-state index in [2.05, 4.69) is 20.0 Å². The lowest BCUT2D eigenvalue weighted by molar-refractivity contribution is 0.0707. The molecular formula is C20H29N5O3. The van der Waals surface area contributed by atoms with E-state index in [0.29, 0.717) is 44.5 Å². The minimum atomic E-state index is -0.246. The maximum Gasteiger partial charge on any atom is 0.409 e. The zero-order valence-corrected chi connectivity index (χ0v) is 17.3. The van der Waals surface area contributed by atoms with Gasteiger partial charge in [0.05, 0.1) is 6.61 Å². The molecule has 2 aromatic heterocycles. The fourth-order valence-electron chi connectivity index (χ4n) is 2.81. The van der Waals surface area contributed by atoms with Gasteiger partial charge in [0.1, 0.15) is 5.82 Å². The summed E-state index contributed by atoms with van der Waals surface area (Å²) in [5.41, 5.74) is 0.833. The number of aromatic nitrogens is 3. The number of nitrogens with zero attached hydrogens (tertiary/aromatic N) is 5. The van der Waals surface area contributed by atoms with Gasteiger partial charge < -0.3 is 19.1 Å². The number of pyridine rings is 1. The van der Waals surface area contributed by atoms with Crippen molar-refractivity contribution in [2.45, 2.75) is 40.5 Å². The van der Waals surface area contributed by atoms with Gasteiger partial charge in [-0.25, -0.2) is 9.78 Å². The number of ether oxygens (including phenoxy) is 1. The first kappa shape index (κ1) is 20.1. The Morgan fingerprint density at radius 3 is 2.57 bits per heavy atom. The largest absolute Gasteiger partial charge is 0.449 e. The number of piperazine rings is 1. The molecule has 0 unspecified atom stereocenters. The Bertz CT molecular complexity index is 804. The van der Waals surface area contributed by atoms with Crippen LogP contribution in [0.1, 0.15) is 46.4 Å². The summed E-state index contributed by atoms with van der Waals surface area (Å²) in [6.45, 7) is 13.2. The number of hydrogen-bond donors (Lipinski definition) is 0. The molecule has 28 heavy (non-hydrogen) atoms. The Balaban J connectivity index is 1.61. The van der Waals surface area contributed by atoms with Crippen molar-refractivity contribution in [3.63, 3.8) is 0 Å². The van der Waals surface area contributed by atoms with Gasteiger partial charge in [0.15, 0.2) is 0 Å². The summed E-state index contributed by atoms with van der Waals surface area (Å²) >= 11 is 0. The van der Waals surface area contributed by atoms with E-state index < -0.39 is 0 Å². The maximum atomic E-state index is 12.2. The van der Waals surface area contributed by atoms with Crippen molar-refractivity contribution >= 4 is 11.9 Å². The first-order valence-electron chi connectivity index (χ1n) is 9.69. The van der Waals surface area contributed by atoms with Crippen LogP contribution in [0.2, 0.25) is 0 Å². The summed E-state index contributed by atoms with van der Waals surface area (Å²) in [5, 5.41) is 4.07. The lowest BCUT2D eigenvalue weighted by atomic mass is 9.99. The second-order valence-electron chi connectivity index (χ2n) is 8.60. The van der Waals surface area contributed by atoms with Crippen LogP contribution in [0.3, 0.4) is 0 Å². The highest BCUT2D eigenvalue weighted by molar-refractivity contribution is 5.68. The van der Waals surface area contributed by atoms with E-state index in [4.69, 9.17) is 9.26 Å². The normalized spacial score (nSPS) is 15.2. The van der Waals surface area contributed by atoms with Crippen LogP contribution < -0.4 is 4.90 Å². The molecule has 3 heterocycles. The molecule has 8 heteroatoms. The first-order valence-corrected chi connectivity index (χ1v) is 9.69. The SMILES string of the molecule is CC(C)c1nc(-c2ccnc(N3CCN(C(=O)OCC(C)(C)C)CC3)c2)no1. The lowest BCUT2D eigenvalue weighted by Gasteiger charge is -2.35. The quantitative estimate of drug-likeness (QED) is 0.793. The van der Waals surface area contributed by atoms with E-state index in [1.165, 1.54) is 0 Å². The topological polar surface area (TPSA) is 84.6 Å². The summed E-state index contributed by atoms with van der Waals surface area (Å²) in [4.78, 5) is 25.1. The van der Waals surface area contributed by atoms with Gasteiger partial charge in [-0.1, -0.05) is 39.8 Å².